The van der Waals surface area contributed by atoms with Crippen molar-refractivity contribution in [2.24, 2.45) is 11.7 Å². The molecule has 2 fully saturated rings. The molecule has 5 heteroatoms. The van der Waals surface area contributed by atoms with Gasteiger partial charge in [-0.05, 0) is 37.8 Å². The van der Waals surface area contributed by atoms with Gasteiger partial charge in [-0.25, -0.2) is 0 Å². The summed E-state index contributed by atoms with van der Waals surface area (Å²) in [5.74, 6) is 0.790. The van der Waals surface area contributed by atoms with Crippen LogP contribution < -0.4 is 5.73 Å². The summed E-state index contributed by atoms with van der Waals surface area (Å²) in [7, 11) is 0. The van der Waals surface area contributed by atoms with Gasteiger partial charge in [0.15, 0.2) is 0 Å². The van der Waals surface area contributed by atoms with E-state index in [2.05, 4.69) is 24.3 Å². The lowest BCUT2D eigenvalue weighted by molar-refractivity contribution is -0.145. The summed E-state index contributed by atoms with van der Waals surface area (Å²) in [5, 5.41) is 0. The van der Waals surface area contributed by atoms with Crippen molar-refractivity contribution < 1.29 is 9.53 Å². The van der Waals surface area contributed by atoms with E-state index in [1.807, 2.05) is 17.9 Å². The number of rotatable bonds is 5. The number of hydrogen-bond donors (Lipinski definition) is 1. The second-order valence-electron chi connectivity index (χ2n) is 7.65. The van der Waals surface area contributed by atoms with Crippen LogP contribution in [0.15, 0.2) is 30.3 Å². The molecule has 1 aliphatic heterocycles. The van der Waals surface area contributed by atoms with Crippen LogP contribution >= 0.6 is 12.4 Å². The molecule has 0 bridgehead atoms. The predicted octanol–water partition coefficient (Wildman–Crippen LogP) is 3.74. The third kappa shape index (κ3) is 5.21. The quantitative estimate of drug-likeness (QED) is 0.791. The van der Waals surface area contributed by atoms with Gasteiger partial charge in [0.1, 0.15) is 6.10 Å². The molecule has 0 radical (unpaired) electrons. The number of carbonyl (C=O) groups excluding carboxylic acids is 1. The first-order valence-corrected chi connectivity index (χ1v) is 9.88. The van der Waals surface area contributed by atoms with Crippen LogP contribution in [0.3, 0.4) is 0 Å². The smallest absolute Gasteiger partial charge is 0.251 e. The van der Waals surface area contributed by atoms with Crippen LogP contribution in [0, 0.1) is 5.92 Å². The highest BCUT2D eigenvalue weighted by atomic mass is 35.5. The van der Waals surface area contributed by atoms with Crippen LogP contribution in [0.5, 0.6) is 0 Å². The molecule has 1 aromatic rings. The summed E-state index contributed by atoms with van der Waals surface area (Å²) < 4.78 is 6.13. The van der Waals surface area contributed by atoms with Crippen molar-refractivity contribution in [2.75, 3.05) is 19.6 Å². The Kier molecular flexibility index (Phi) is 8.39. The maximum atomic E-state index is 12.9. The first-order valence-electron chi connectivity index (χ1n) is 9.88. The number of halogens is 1. The maximum absolute atomic E-state index is 12.9. The molecule has 0 aromatic heterocycles. The standard InChI is InChI=1S/C21H32N2O2.ClH/c1-16(25-19-11-7-2-3-8-12-19)21(24)23-14-18(13-22)20(15-23)17-9-5-4-6-10-17;/h4-6,9-10,16,18-20H,2-3,7-8,11-15,22H2,1H3;1H/t16?,18-,20+;/m1./s1. The van der Waals surface area contributed by atoms with E-state index in [1.54, 1.807) is 0 Å². The Morgan fingerprint density at radius 1 is 1.15 bits per heavy atom. The van der Waals surface area contributed by atoms with Gasteiger partial charge in [0.2, 0.25) is 0 Å². The van der Waals surface area contributed by atoms with Crippen molar-refractivity contribution in [3.63, 3.8) is 0 Å². The fraction of sp³-hybridized carbons (Fsp3) is 0.667. The molecule has 3 atom stereocenters. The lowest BCUT2D eigenvalue weighted by Crippen LogP contribution is -2.39. The van der Waals surface area contributed by atoms with Gasteiger partial charge in [0, 0.05) is 19.0 Å². The first kappa shape index (κ1) is 21.2. The number of likely N-dealkylation sites (tertiary alicyclic amines) is 1. The van der Waals surface area contributed by atoms with Crippen molar-refractivity contribution in [3.8, 4) is 0 Å². The van der Waals surface area contributed by atoms with Gasteiger partial charge < -0.3 is 15.4 Å². The monoisotopic (exact) mass is 380 g/mol. The summed E-state index contributed by atoms with van der Waals surface area (Å²) in [6.45, 7) is 4.03. The molecule has 1 saturated carbocycles. The van der Waals surface area contributed by atoms with Crippen molar-refractivity contribution in [3.05, 3.63) is 35.9 Å². The largest absolute Gasteiger partial charge is 0.365 e. The highest BCUT2D eigenvalue weighted by Crippen LogP contribution is 2.32. The fourth-order valence-electron chi connectivity index (χ4n) is 4.35. The second kappa shape index (κ2) is 10.3. The predicted molar refractivity (Wildman–Crippen MR) is 108 cm³/mol. The highest BCUT2D eigenvalue weighted by Gasteiger charge is 2.37. The zero-order valence-corrected chi connectivity index (χ0v) is 16.6. The van der Waals surface area contributed by atoms with Gasteiger partial charge in [-0.1, -0.05) is 56.0 Å². The van der Waals surface area contributed by atoms with Crippen LogP contribution in [0.4, 0.5) is 0 Å². The van der Waals surface area contributed by atoms with Crippen LogP contribution in [0.2, 0.25) is 0 Å². The number of nitrogens with two attached hydrogens (primary N) is 1. The van der Waals surface area contributed by atoms with E-state index in [-0.39, 0.29) is 30.5 Å². The molecule has 3 rings (SSSR count). The Morgan fingerprint density at radius 2 is 1.81 bits per heavy atom. The number of hydrogen-bond acceptors (Lipinski definition) is 3. The third-order valence-corrected chi connectivity index (χ3v) is 5.83. The summed E-state index contributed by atoms with van der Waals surface area (Å²) >= 11 is 0. The van der Waals surface area contributed by atoms with E-state index in [0.29, 0.717) is 18.4 Å². The first-order chi connectivity index (χ1) is 12.2. The zero-order chi connectivity index (χ0) is 17.6. The Hall–Kier alpha value is -1.10. The Morgan fingerprint density at radius 3 is 2.42 bits per heavy atom. The SMILES string of the molecule is CC(OC1CCCCCC1)C(=O)N1C[C@@H](CN)[C@H](c2ccccc2)C1.Cl. The molecule has 146 valence electrons. The minimum Gasteiger partial charge on any atom is -0.365 e. The minimum atomic E-state index is -0.351. The van der Waals surface area contributed by atoms with E-state index in [0.717, 1.165) is 25.9 Å². The molecule has 4 nitrogen and oxygen atoms in total. The molecule has 2 N–H and O–H groups in total. The molecule has 1 heterocycles. The summed E-state index contributed by atoms with van der Waals surface area (Å²) in [6.07, 6.45) is 7.12. The van der Waals surface area contributed by atoms with Gasteiger partial charge in [0.25, 0.3) is 5.91 Å². The van der Waals surface area contributed by atoms with Crippen molar-refractivity contribution in [2.45, 2.75) is 63.6 Å². The van der Waals surface area contributed by atoms with Crippen LogP contribution in [-0.2, 0) is 9.53 Å². The van der Waals surface area contributed by atoms with Crippen LogP contribution in [0.1, 0.15) is 56.9 Å². The molecule has 26 heavy (non-hydrogen) atoms. The second-order valence-corrected chi connectivity index (χ2v) is 7.65. The van der Waals surface area contributed by atoms with Gasteiger partial charge in [-0.3, -0.25) is 4.79 Å². The Bertz CT molecular complexity index is 546. The van der Waals surface area contributed by atoms with Gasteiger partial charge in [0.05, 0.1) is 6.10 Å². The van der Waals surface area contributed by atoms with Crippen LogP contribution in [-0.4, -0.2) is 42.6 Å². The summed E-state index contributed by atoms with van der Waals surface area (Å²) in [5.41, 5.74) is 7.28. The lowest BCUT2D eigenvalue weighted by atomic mass is 9.89. The van der Waals surface area contributed by atoms with Crippen LogP contribution in [0.25, 0.3) is 0 Å². The zero-order valence-electron chi connectivity index (χ0n) is 15.8. The van der Waals surface area contributed by atoms with Gasteiger partial charge in [-0.15, -0.1) is 12.4 Å². The molecular weight excluding hydrogens is 348 g/mol. The fourth-order valence-corrected chi connectivity index (χ4v) is 4.35. The molecule has 2 aliphatic rings. The highest BCUT2D eigenvalue weighted by molar-refractivity contribution is 5.85. The number of carbonyl (C=O) groups is 1. The van der Waals surface area contributed by atoms with Gasteiger partial charge >= 0.3 is 0 Å². The molecule has 1 aromatic carbocycles. The maximum Gasteiger partial charge on any atom is 0.251 e. The van der Waals surface area contributed by atoms with Crippen molar-refractivity contribution in [1.29, 1.82) is 0 Å². The minimum absolute atomic E-state index is 0. The molecular formula is C21H33ClN2O2. The van der Waals surface area contributed by atoms with E-state index in [1.165, 1.54) is 31.2 Å². The summed E-state index contributed by atoms with van der Waals surface area (Å²) in [6, 6.07) is 10.4. The number of nitrogens with zero attached hydrogens (tertiary/aromatic N) is 1. The third-order valence-electron chi connectivity index (χ3n) is 5.83. The van der Waals surface area contributed by atoms with Gasteiger partial charge in [-0.2, -0.15) is 0 Å². The Balaban J connectivity index is 0.00000243. The molecule has 0 spiro atoms. The van der Waals surface area contributed by atoms with Crippen molar-refractivity contribution in [1.82, 2.24) is 4.90 Å². The van der Waals surface area contributed by atoms with Crippen molar-refractivity contribution >= 4 is 18.3 Å². The molecule has 1 unspecified atom stereocenters. The summed E-state index contributed by atoms with van der Waals surface area (Å²) in [4.78, 5) is 14.9. The molecule has 1 amide bonds. The average molecular weight is 381 g/mol. The Labute approximate surface area is 163 Å². The molecule has 1 aliphatic carbocycles. The average Bonchev–Trinajstić information content (AvgIpc) is 2.92. The normalized spacial score (nSPS) is 25.4. The van der Waals surface area contributed by atoms with E-state index >= 15 is 0 Å². The molecule has 1 saturated heterocycles. The number of benzene rings is 1. The van der Waals surface area contributed by atoms with E-state index in [4.69, 9.17) is 10.5 Å². The number of amides is 1. The lowest BCUT2D eigenvalue weighted by Gasteiger charge is -2.25. The van der Waals surface area contributed by atoms with E-state index in [9.17, 15) is 4.79 Å². The topological polar surface area (TPSA) is 55.6 Å². The van der Waals surface area contributed by atoms with E-state index < -0.39 is 0 Å². The number of ether oxygens (including phenoxy) is 1.